The molecule has 0 radical (unpaired) electrons. The summed E-state index contributed by atoms with van der Waals surface area (Å²) in [7, 11) is 0. The molecule has 1 heterocycles. The van der Waals surface area contributed by atoms with Crippen LogP contribution in [0.15, 0.2) is 4.52 Å². The van der Waals surface area contributed by atoms with Crippen molar-refractivity contribution in [3.63, 3.8) is 0 Å². The number of amides is 1. The lowest BCUT2D eigenvalue weighted by Crippen LogP contribution is -2.62. The van der Waals surface area contributed by atoms with Crippen LogP contribution < -0.4 is 5.32 Å². The Labute approximate surface area is 98.0 Å². The molecule has 1 aromatic rings. The van der Waals surface area contributed by atoms with Crippen LogP contribution in [0.25, 0.3) is 0 Å². The first-order valence-corrected chi connectivity index (χ1v) is 4.51. The van der Waals surface area contributed by atoms with E-state index in [1.807, 2.05) is 0 Å². The number of carbonyl (C=O) groups is 2. The zero-order chi connectivity index (χ0) is 14.1. The van der Waals surface area contributed by atoms with Crippen LogP contribution in [0, 0.1) is 6.92 Å². The van der Waals surface area contributed by atoms with Crippen molar-refractivity contribution in [3.05, 3.63) is 11.7 Å². The highest BCUT2D eigenvalue weighted by Crippen LogP contribution is 2.30. The fourth-order valence-corrected chi connectivity index (χ4v) is 0.920. The highest BCUT2D eigenvalue weighted by molar-refractivity contribution is 5.95. The molecule has 0 spiro atoms. The van der Waals surface area contributed by atoms with Crippen molar-refractivity contribution in [2.75, 3.05) is 0 Å². The average Bonchev–Trinajstić information content (AvgIpc) is 2.62. The molecule has 0 aliphatic rings. The molecule has 1 aromatic heterocycles. The molecule has 1 atom stereocenters. The van der Waals surface area contributed by atoms with Crippen LogP contribution >= 0.6 is 0 Å². The summed E-state index contributed by atoms with van der Waals surface area (Å²) in [6.45, 7) is 1.64. The zero-order valence-electron chi connectivity index (χ0n) is 9.20. The van der Waals surface area contributed by atoms with Gasteiger partial charge in [-0.3, -0.25) is 4.79 Å². The lowest BCUT2D eigenvalue weighted by atomic mass is 10.0. The van der Waals surface area contributed by atoms with Gasteiger partial charge in [-0.25, -0.2) is 4.79 Å². The van der Waals surface area contributed by atoms with Crippen molar-refractivity contribution in [1.82, 2.24) is 15.5 Å². The van der Waals surface area contributed by atoms with Gasteiger partial charge < -0.3 is 14.9 Å². The number of alkyl halides is 3. The minimum absolute atomic E-state index is 0.0378. The standard InChI is InChI=1S/C8H8F3N3O4/c1-3-12-4(14-18-3)5(15)13-7(2,6(16)17)8(9,10)11/h1-2H3,(H,13,15)(H,16,17). The van der Waals surface area contributed by atoms with E-state index in [0.717, 1.165) is 0 Å². The first kappa shape index (κ1) is 13.9. The number of hydrogen-bond donors (Lipinski definition) is 2. The van der Waals surface area contributed by atoms with E-state index in [4.69, 9.17) is 5.11 Å². The van der Waals surface area contributed by atoms with E-state index >= 15 is 0 Å². The molecule has 7 nitrogen and oxygen atoms in total. The molecule has 0 saturated carbocycles. The fourth-order valence-electron chi connectivity index (χ4n) is 0.920. The third-order valence-electron chi connectivity index (χ3n) is 2.09. The summed E-state index contributed by atoms with van der Waals surface area (Å²) in [5, 5.41) is 13.0. The Kier molecular flexibility index (Phi) is 3.31. The van der Waals surface area contributed by atoms with Crippen LogP contribution in [0.5, 0.6) is 0 Å². The number of aromatic nitrogens is 2. The quantitative estimate of drug-likeness (QED) is 0.826. The van der Waals surface area contributed by atoms with E-state index in [1.165, 1.54) is 12.2 Å². The Morgan fingerprint density at radius 2 is 1.94 bits per heavy atom. The maximum Gasteiger partial charge on any atom is 0.422 e. The molecule has 0 saturated heterocycles. The Balaban J connectivity index is 3.00. The van der Waals surface area contributed by atoms with E-state index in [2.05, 4.69) is 14.7 Å². The summed E-state index contributed by atoms with van der Waals surface area (Å²) >= 11 is 0. The molecular formula is C8H8F3N3O4. The van der Waals surface area contributed by atoms with Gasteiger partial charge in [0.25, 0.3) is 11.7 Å². The Morgan fingerprint density at radius 3 is 2.28 bits per heavy atom. The van der Waals surface area contributed by atoms with Gasteiger partial charge in [0.15, 0.2) is 0 Å². The number of aryl methyl sites for hydroxylation is 1. The highest BCUT2D eigenvalue weighted by Gasteiger charge is 2.58. The molecule has 0 bridgehead atoms. The number of carboxylic acid groups (broad SMARTS) is 1. The molecule has 0 aliphatic heterocycles. The number of carbonyl (C=O) groups excluding carboxylic acids is 1. The van der Waals surface area contributed by atoms with Crippen molar-refractivity contribution >= 4 is 11.9 Å². The third kappa shape index (κ3) is 2.41. The number of halogens is 3. The van der Waals surface area contributed by atoms with Gasteiger partial charge in [0.05, 0.1) is 0 Å². The first-order chi connectivity index (χ1) is 8.08. The summed E-state index contributed by atoms with van der Waals surface area (Å²) in [5.74, 6) is -4.36. The molecule has 1 unspecified atom stereocenters. The fraction of sp³-hybridized carbons (Fsp3) is 0.500. The molecule has 0 aromatic carbocycles. The van der Waals surface area contributed by atoms with Crippen molar-refractivity contribution < 1.29 is 32.4 Å². The second kappa shape index (κ2) is 4.27. The number of nitrogens with zero attached hydrogens (tertiary/aromatic N) is 2. The molecule has 0 aliphatic carbocycles. The number of aliphatic carboxylic acids is 1. The molecule has 1 rings (SSSR count). The van der Waals surface area contributed by atoms with Gasteiger partial charge >= 0.3 is 12.1 Å². The van der Waals surface area contributed by atoms with Gasteiger partial charge in [0, 0.05) is 6.92 Å². The van der Waals surface area contributed by atoms with Crippen LogP contribution in [0.3, 0.4) is 0 Å². The Hall–Kier alpha value is -2.13. The molecule has 18 heavy (non-hydrogen) atoms. The third-order valence-corrected chi connectivity index (χ3v) is 2.09. The molecular weight excluding hydrogens is 259 g/mol. The minimum atomic E-state index is -5.17. The first-order valence-electron chi connectivity index (χ1n) is 4.51. The molecule has 2 N–H and O–H groups in total. The number of hydrogen-bond acceptors (Lipinski definition) is 5. The molecule has 10 heteroatoms. The van der Waals surface area contributed by atoms with Crippen LogP contribution in [0.1, 0.15) is 23.4 Å². The van der Waals surface area contributed by atoms with Gasteiger partial charge in [-0.05, 0) is 6.92 Å². The summed E-state index contributed by atoms with van der Waals surface area (Å²) in [6, 6.07) is 0. The molecule has 100 valence electrons. The van der Waals surface area contributed by atoms with E-state index < -0.39 is 29.4 Å². The SMILES string of the molecule is Cc1nc(C(=O)NC(C)(C(=O)O)C(F)(F)F)no1. The van der Waals surface area contributed by atoms with Gasteiger partial charge in [0.1, 0.15) is 0 Å². The lowest BCUT2D eigenvalue weighted by Gasteiger charge is -2.27. The topological polar surface area (TPSA) is 105 Å². The van der Waals surface area contributed by atoms with Crippen molar-refractivity contribution in [2.45, 2.75) is 25.6 Å². The maximum atomic E-state index is 12.6. The van der Waals surface area contributed by atoms with Gasteiger partial charge in [-0.15, -0.1) is 0 Å². The number of nitrogens with one attached hydrogen (secondary N) is 1. The monoisotopic (exact) mass is 267 g/mol. The Bertz CT molecular complexity index is 484. The second-order valence-electron chi connectivity index (χ2n) is 3.52. The van der Waals surface area contributed by atoms with E-state index in [0.29, 0.717) is 6.92 Å². The smallest absolute Gasteiger partial charge is 0.422 e. The van der Waals surface area contributed by atoms with Crippen LogP contribution in [0.4, 0.5) is 13.2 Å². The normalized spacial score (nSPS) is 14.9. The summed E-state index contributed by atoms with van der Waals surface area (Å²) < 4.78 is 42.1. The maximum absolute atomic E-state index is 12.6. The molecule has 1 amide bonds. The van der Waals surface area contributed by atoms with Crippen molar-refractivity contribution in [2.24, 2.45) is 0 Å². The highest BCUT2D eigenvalue weighted by atomic mass is 19.4. The van der Waals surface area contributed by atoms with Gasteiger partial charge in [-0.2, -0.15) is 18.2 Å². The summed E-state index contributed by atoms with van der Waals surface area (Å²) in [4.78, 5) is 25.4. The van der Waals surface area contributed by atoms with Crippen LogP contribution in [-0.2, 0) is 4.79 Å². The van der Waals surface area contributed by atoms with Crippen molar-refractivity contribution in [3.8, 4) is 0 Å². The number of rotatable bonds is 3. The second-order valence-corrected chi connectivity index (χ2v) is 3.52. The number of carboxylic acids is 1. The van der Waals surface area contributed by atoms with E-state index in [-0.39, 0.29) is 5.89 Å². The lowest BCUT2D eigenvalue weighted by molar-refractivity contribution is -0.203. The summed E-state index contributed by atoms with van der Waals surface area (Å²) in [6.07, 6.45) is -5.17. The predicted molar refractivity (Wildman–Crippen MR) is 48.6 cm³/mol. The zero-order valence-corrected chi connectivity index (χ0v) is 9.20. The average molecular weight is 267 g/mol. The predicted octanol–water partition coefficient (Wildman–Crippen LogP) is 0.513. The summed E-state index contributed by atoms with van der Waals surface area (Å²) in [5.41, 5.74) is -3.43. The van der Waals surface area contributed by atoms with E-state index in [9.17, 15) is 22.8 Å². The van der Waals surface area contributed by atoms with E-state index in [1.54, 1.807) is 0 Å². The van der Waals surface area contributed by atoms with Crippen LogP contribution in [0.2, 0.25) is 0 Å². The largest absolute Gasteiger partial charge is 0.479 e. The molecule has 0 fully saturated rings. The van der Waals surface area contributed by atoms with Gasteiger partial charge in [0.2, 0.25) is 11.4 Å². The van der Waals surface area contributed by atoms with Crippen molar-refractivity contribution in [1.29, 1.82) is 0 Å². The Morgan fingerprint density at radius 1 is 1.39 bits per heavy atom. The van der Waals surface area contributed by atoms with Crippen LogP contribution in [-0.4, -0.2) is 38.8 Å². The minimum Gasteiger partial charge on any atom is -0.479 e. The van der Waals surface area contributed by atoms with Gasteiger partial charge in [-0.1, -0.05) is 5.16 Å².